The number of rotatable bonds is 5. The van der Waals surface area contributed by atoms with Crippen molar-refractivity contribution in [2.45, 2.75) is 26.2 Å². The van der Waals surface area contributed by atoms with Crippen LogP contribution in [-0.2, 0) is 6.42 Å². The Morgan fingerprint density at radius 1 is 1.25 bits per heavy atom. The van der Waals surface area contributed by atoms with Gasteiger partial charge < -0.3 is 4.74 Å². The zero-order chi connectivity index (χ0) is 13.9. The largest absolute Gasteiger partial charge is 0.497 e. The molecule has 1 aromatic carbocycles. The van der Waals surface area contributed by atoms with Crippen LogP contribution in [0.2, 0.25) is 0 Å². The quantitative estimate of drug-likeness (QED) is 0.716. The monoisotopic (exact) mass is 287 g/mol. The van der Waals surface area contributed by atoms with E-state index in [2.05, 4.69) is 17.0 Å². The molecule has 0 atom stereocenters. The lowest BCUT2D eigenvalue weighted by atomic mass is 10.2. The zero-order valence-corrected chi connectivity index (χ0v) is 12.5. The molecule has 3 aromatic rings. The first kappa shape index (κ1) is 13.1. The molecule has 0 spiro atoms. The second kappa shape index (κ2) is 5.63. The third-order valence-electron chi connectivity index (χ3n) is 3.22. The van der Waals surface area contributed by atoms with Crippen LogP contribution >= 0.6 is 11.3 Å². The number of methoxy groups -OCH3 is 1. The first-order valence-corrected chi connectivity index (χ1v) is 7.61. The van der Waals surface area contributed by atoms with Gasteiger partial charge in [-0.15, -0.1) is 0 Å². The minimum Gasteiger partial charge on any atom is -0.497 e. The van der Waals surface area contributed by atoms with Crippen LogP contribution in [0, 0.1) is 0 Å². The number of imidazole rings is 1. The molecule has 0 unspecified atom stereocenters. The van der Waals surface area contributed by atoms with Crippen molar-refractivity contribution in [3.8, 4) is 17.0 Å². The number of ether oxygens (including phenoxy) is 1. The highest BCUT2D eigenvalue weighted by Gasteiger charge is 2.09. The summed E-state index contributed by atoms with van der Waals surface area (Å²) in [6.07, 6.45) is 5.41. The van der Waals surface area contributed by atoms with Gasteiger partial charge in [-0.1, -0.05) is 24.7 Å². The van der Waals surface area contributed by atoms with E-state index < -0.39 is 0 Å². The Labute approximate surface area is 122 Å². The van der Waals surface area contributed by atoms with E-state index in [1.54, 1.807) is 18.4 Å². The maximum absolute atomic E-state index is 5.17. The van der Waals surface area contributed by atoms with Crippen LogP contribution in [0.3, 0.4) is 0 Å². The molecule has 0 fully saturated rings. The van der Waals surface area contributed by atoms with Crippen LogP contribution in [0.4, 0.5) is 0 Å². The van der Waals surface area contributed by atoms with E-state index in [1.165, 1.54) is 12.8 Å². The van der Waals surface area contributed by atoms with Crippen molar-refractivity contribution in [1.29, 1.82) is 0 Å². The van der Waals surface area contributed by atoms with Crippen molar-refractivity contribution < 1.29 is 4.74 Å². The highest BCUT2D eigenvalue weighted by Crippen LogP contribution is 2.24. The molecule has 3 rings (SSSR count). The standard InChI is InChI=1S/C15H17N3OS/c1-3-4-5-14-17-18-10-13(16-15(18)20-14)11-6-8-12(19-2)9-7-11/h6-10H,3-5H2,1-2H3. The summed E-state index contributed by atoms with van der Waals surface area (Å²) in [5, 5.41) is 5.74. The van der Waals surface area contributed by atoms with E-state index in [9.17, 15) is 0 Å². The Hall–Kier alpha value is -1.88. The molecule has 5 heteroatoms. The van der Waals surface area contributed by atoms with Crippen molar-refractivity contribution in [2.24, 2.45) is 0 Å². The molecule has 20 heavy (non-hydrogen) atoms. The number of unbranched alkanes of at least 4 members (excludes halogenated alkanes) is 1. The Kier molecular flexibility index (Phi) is 3.69. The summed E-state index contributed by atoms with van der Waals surface area (Å²) < 4.78 is 7.05. The van der Waals surface area contributed by atoms with Gasteiger partial charge in [0.25, 0.3) is 0 Å². The average molecular weight is 287 g/mol. The lowest BCUT2D eigenvalue weighted by molar-refractivity contribution is 0.415. The van der Waals surface area contributed by atoms with Gasteiger partial charge in [-0.05, 0) is 30.7 Å². The Bertz CT molecular complexity index is 668. The summed E-state index contributed by atoms with van der Waals surface area (Å²) >= 11 is 1.68. The first-order chi connectivity index (χ1) is 9.80. The van der Waals surface area contributed by atoms with Gasteiger partial charge in [-0.2, -0.15) is 5.10 Å². The van der Waals surface area contributed by atoms with Crippen LogP contribution in [0.1, 0.15) is 24.8 Å². The minimum absolute atomic E-state index is 0.856. The van der Waals surface area contributed by atoms with Crippen molar-refractivity contribution in [2.75, 3.05) is 7.11 Å². The van der Waals surface area contributed by atoms with Crippen molar-refractivity contribution in [1.82, 2.24) is 14.6 Å². The maximum Gasteiger partial charge on any atom is 0.212 e. The van der Waals surface area contributed by atoms with Gasteiger partial charge in [0.1, 0.15) is 10.8 Å². The summed E-state index contributed by atoms with van der Waals surface area (Å²) in [5.74, 6) is 0.856. The number of aromatic nitrogens is 3. The van der Waals surface area contributed by atoms with Crippen molar-refractivity contribution in [3.63, 3.8) is 0 Å². The molecule has 0 bridgehead atoms. The number of aryl methyl sites for hydroxylation is 1. The third-order valence-corrected chi connectivity index (χ3v) is 4.20. The number of fused-ring (bicyclic) bond motifs is 1. The summed E-state index contributed by atoms with van der Waals surface area (Å²) in [5.41, 5.74) is 2.03. The fourth-order valence-electron chi connectivity index (χ4n) is 2.07. The van der Waals surface area contributed by atoms with Crippen LogP contribution in [0.5, 0.6) is 5.75 Å². The van der Waals surface area contributed by atoms with E-state index in [1.807, 2.05) is 35.0 Å². The number of benzene rings is 1. The fraction of sp³-hybridized carbons (Fsp3) is 0.333. The molecule has 0 aliphatic rings. The molecule has 2 heterocycles. The Balaban J connectivity index is 1.86. The zero-order valence-electron chi connectivity index (χ0n) is 11.7. The molecular formula is C15H17N3OS. The number of hydrogen-bond donors (Lipinski definition) is 0. The summed E-state index contributed by atoms with van der Waals surface area (Å²) in [6.45, 7) is 2.19. The molecule has 0 amide bonds. The van der Waals surface area contributed by atoms with Crippen LogP contribution < -0.4 is 4.74 Å². The van der Waals surface area contributed by atoms with Gasteiger partial charge in [-0.3, -0.25) is 0 Å². The van der Waals surface area contributed by atoms with Crippen LogP contribution in [-0.4, -0.2) is 21.7 Å². The Morgan fingerprint density at radius 2 is 2.05 bits per heavy atom. The number of hydrogen-bond acceptors (Lipinski definition) is 4. The third kappa shape index (κ3) is 2.54. The summed E-state index contributed by atoms with van der Waals surface area (Å²) in [6, 6.07) is 7.93. The van der Waals surface area contributed by atoms with Crippen LogP contribution in [0.25, 0.3) is 16.2 Å². The lowest BCUT2D eigenvalue weighted by Crippen LogP contribution is -1.86. The highest BCUT2D eigenvalue weighted by atomic mass is 32.1. The molecule has 0 radical (unpaired) electrons. The normalized spacial score (nSPS) is 11.1. The topological polar surface area (TPSA) is 39.4 Å². The Morgan fingerprint density at radius 3 is 2.70 bits per heavy atom. The predicted molar refractivity (Wildman–Crippen MR) is 81.5 cm³/mol. The minimum atomic E-state index is 0.856. The molecule has 4 nitrogen and oxygen atoms in total. The lowest BCUT2D eigenvalue weighted by Gasteiger charge is -2.00. The van der Waals surface area contributed by atoms with E-state index in [0.29, 0.717) is 0 Å². The molecule has 0 N–H and O–H groups in total. The fourth-order valence-corrected chi connectivity index (χ4v) is 2.99. The summed E-state index contributed by atoms with van der Waals surface area (Å²) in [4.78, 5) is 5.61. The van der Waals surface area contributed by atoms with Gasteiger partial charge in [0.05, 0.1) is 19.0 Å². The highest BCUT2D eigenvalue weighted by molar-refractivity contribution is 7.16. The second-order valence-corrected chi connectivity index (χ2v) is 5.72. The second-order valence-electron chi connectivity index (χ2n) is 4.68. The molecule has 2 aromatic heterocycles. The molecule has 104 valence electrons. The van der Waals surface area contributed by atoms with Crippen molar-refractivity contribution >= 4 is 16.3 Å². The molecule has 0 saturated heterocycles. The molecule has 0 aliphatic carbocycles. The molecule has 0 aliphatic heterocycles. The molecule has 0 saturated carbocycles. The van der Waals surface area contributed by atoms with Gasteiger partial charge in [0, 0.05) is 12.0 Å². The van der Waals surface area contributed by atoms with E-state index in [4.69, 9.17) is 4.74 Å². The average Bonchev–Trinajstić information content (AvgIpc) is 3.03. The molecular weight excluding hydrogens is 270 g/mol. The van der Waals surface area contributed by atoms with E-state index in [-0.39, 0.29) is 0 Å². The smallest absolute Gasteiger partial charge is 0.212 e. The van der Waals surface area contributed by atoms with Gasteiger partial charge in [-0.25, -0.2) is 9.50 Å². The predicted octanol–water partition coefficient (Wildman–Crippen LogP) is 3.81. The van der Waals surface area contributed by atoms with Gasteiger partial charge in [0.2, 0.25) is 4.96 Å². The van der Waals surface area contributed by atoms with Crippen molar-refractivity contribution in [3.05, 3.63) is 35.5 Å². The maximum atomic E-state index is 5.17. The SMILES string of the molecule is CCCCc1nn2cc(-c3ccc(OC)cc3)nc2s1. The van der Waals surface area contributed by atoms with E-state index >= 15 is 0 Å². The van der Waals surface area contributed by atoms with E-state index in [0.717, 1.165) is 33.4 Å². The first-order valence-electron chi connectivity index (χ1n) is 6.79. The van der Waals surface area contributed by atoms with Gasteiger partial charge in [0.15, 0.2) is 0 Å². The van der Waals surface area contributed by atoms with Crippen LogP contribution in [0.15, 0.2) is 30.5 Å². The summed E-state index contributed by atoms with van der Waals surface area (Å²) in [7, 11) is 1.67. The number of nitrogens with zero attached hydrogens (tertiary/aromatic N) is 3. The van der Waals surface area contributed by atoms with Gasteiger partial charge >= 0.3 is 0 Å².